The van der Waals surface area contributed by atoms with Gasteiger partial charge in [0.05, 0.1) is 4.88 Å². The highest BCUT2D eigenvalue weighted by Gasteiger charge is 2.27. The summed E-state index contributed by atoms with van der Waals surface area (Å²) < 4.78 is 0. The van der Waals surface area contributed by atoms with Gasteiger partial charge in [0.25, 0.3) is 5.91 Å². The van der Waals surface area contributed by atoms with Gasteiger partial charge in [0.2, 0.25) is 0 Å². The van der Waals surface area contributed by atoms with Crippen LogP contribution in [0.3, 0.4) is 0 Å². The highest BCUT2D eigenvalue weighted by Crippen LogP contribution is 2.22. The minimum absolute atomic E-state index is 0. The SMILES string of the molecule is CC(=O)c1csc(C(=O)N2CCCCC2CN)c1.Cl. The van der Waals surface area contributed by atoms with Crippen LogP contribution in [0.5, 0.6) is 0 Å². The molecule has 0 saturated carbocycles. The van der Waals surface area contributed by atoms with Crippen LogP contribution in [0.15, 0.2) is 11.4 Å². The fourth-order valence-corrected chi connectivity index (χ4v) is 3.19. The number of thiophene rings is 1. The largest absolute Gasteiger partial charge is 0.334 e. The van der Waals surface area contributed by atoms with Crippen molar-refractivity contribution in [2.75, 3.05) is 13.1 Å². The average molecular weight is 303 g/mol. The highest BCUT2D eigenvalue weighted by molar-refractivity contribution is 7.12. The minimum Gasteiger partial charge on any atom is -0.334 e. The van der Waals surface area contributed by atoms with Gasteiger partial charge < -0.3 is 10.6 Å². The van der Waals surface area contributed by atoms with Crippen LogP contribution in [-0.2, 0) is 0 Å². The molecule has 106 valence electrons. The fraction of sp³-hybridized carbons (Fsp3) is 0.538. The highest BCUT2D eigenvalue weighted by atomic mass is 35.5. The molecule has 1 amide bonds. The zero-order chi connectivity index (χ0) is 13.1. The van der Waals surface area contributed by atoms with Gasteiger partial charge in [0, 0.05) is 30.1 Å². The van der Waals surface area contributed by atoms with Crippen LogP contribution in [0.2, 0.25) is 0 Å². The summed E-state index contributed by atoms with van der Waals surface area (Å²) in [6, 6.07) is 1.84. The standard InChI is InChI=1S/C13H18N2O2S.ClH/c1-9(16)10-6-12(18-8-10)13(17)15-5-3-2-4-11(15)7-14;/h6,8,11H,2-5,7,14H2,1H3;1H. The second-order valence-corrected chi connectivity index (χ2v) is 5.55. The predicted molar refractivity (Wildman–Crippen MR) is 79.3 cm³/mol. The Bertz CT molecular complexity index is 461. The van der Waals surface area contributed by atoms with Crippen LogP contribution < -0.4 is 5.73 Å². The molecule has 0 spiro atoms. The van der Waals surface area contributed by atoms with Crippen LogP contribution in [0.25, 0.3) is 0 Å². The molecule has 19 heavy (non-hydrogen) atoms. The molecule has 2 rings (SSSR count). The summed E-state index contributed by atoms with van der Waals surface area (Å²) in [5, 5.41) is 1.75. The maximum Gasteiger partial charge on any atom is 0.264 e. The van der Waals surface area contributed by atoms with Crippen LogP contribution in [0.1, 0.15) is 46.2 Å². The molecule has 4 nitrogen and oxygen atoms in total. The number of carbonyl (C=O) groups excluding carboxylic acids is 2. The molecule has 1 aliphatic heterocycles. The quantitative estimate of drug-likeness (QED) is 0.872. The molecular weight excluding hydrogens is 284 g/mol. The summed E-state index contributed by atoms with van der Waals surface area (Å²) in [4.78, 5) is 26.1. The van der Waals surface area contributed by atoms with Crippen molar-refractivity contribution in [1.29, 1.82) is 0 Å². The number of nitrogens with zero attached hydrogens (tertiary/aromatic N) is 1. The van der Waals surface area contributed by atoms with Crippen molar-refractivity contribution in [3.63, 3.8) is 0 Å². The zero-order valence-corrected chi connectivity index (χ0v) is 12.6. The Morgan fingerprint density at radius 3 is 2.79 bits per heavy atom. The van der Waals surface area contributed by atoms with Crippen LogP contribution in [0.4, 0.5) is 0 Å². The smallest absolute Gasteiger partial charge is 0.264 e. The average Bonchev–Trinajstić information content (AvgIpc) is 2.87. The third-order valence-electron chi connectivity index (χ3n) is 3.38. The van der Waals surface area contributed by atoms with E-state index in [1.54, 1.807) is 11.4 Å². The van der Waals surface area contributed by atoms with E-state index in [-0.39, 0.29) is 30.1 Å². The number of amides is 1. The molecule has 0 aliphatic carbocycles. The molecule has 1 aliphatic rings. The zero-order valence-electron chi connectivity index (χ0n) is 10.9. The lowest BCUT2D eigenvalue weighted by Crippen LogP contribution is -2.47. The van der Waals surface area contributed by atoms with E-state index in [1.807, 2.05) is 4.90 Å². The fourth-order valence-electron chi connectivity index (χ4n) is 2.29. The van der Waals surface area contributed by atoms with E-state index in [9.17, 15) is 9.59 Å². The van der Waals surface area contributed by atoms with E-state index in [0.29, 0.717) is 17.0 Å². The van der Waals surface area contributed by atoms with Crippen LogP contribution in [-0.4, -0.2) is 35.7 Å². The van der Waals surface area contributed by atoms with Gasteiger partial charge in [0.15, 0.2) is 5.78 Å². The summed E-state index contributed by atoms with van der Waals surface area (Å²) in [7, 11) is 0. The number of halogens is 1. The maximum atomic E-state index is 12.4. The first-order chi connectivity index (χ1) is 8.63. The van der Waals surface area contributed by atoms with Gasteiger partial charge in [-0.15, -0.1) is 23.7 Å². The first-order valence-electron chi connectivity index (χ1n) is 6.24. The van der Waals surface area contributed by atoms with Crippen molar-refractivity contribution in [2.24, 2.45) is 5.73 Å². The molecule has 2 N–H and O–H groups in total. The molecule has 1 fully saturated rings. The Hall–Kier alpha value is -0.910. The van der Waals surface area contributed by atoms with E-state index < -0.39 is 0 Å². The number of hydrogen-bond donors (Lipinski definition) is 1. The number of rotatable bonds is 3. The van der Waals surface area contributed by atoms with Crippen molar-refractivity contribution < 1.29 is 9.59 Å². The lowest BCUT2D eigenvalue weighted by atomic mass is 10.0. The van der Waals surface area contributed by atoms with Crippen molar-refractivity contribution in [3.8, 4) is 0 Å². The second kappa shape index (κ2) is 7.03. The lowest BCUT2D eigenvalue weighted by Gasteiger charge is -2.34. The summed E-state index contributed by atoms with van der Waals surface area (Å²) in [6.07, 6.45) is 3.15. The third-order valence-corrected chi connectivity index (χ3v) is 4.30. The Balaban J connectivity index is 0.00000180. The summed E-state index contributed by atoms with van der Waals surface area (Å²) in [5.74, 6) is 0.0157. The molecule has 0 bridgehead atoms. The van der Waals surface area contributed by atoms with Gasteiger partial charge in [0.1, 0.15) is 0 Å². The van der Waals surface area contributed by atoms with E-state index in [2.05, 4.69) is 0 Å². The Labute approximate surface area is 123 Å². The summed E-state index contributed by atoms with van der Waals surface area (Å²) in [5.41, 5.74) is 6.33. The van der Waals surface area contributed by atoms with Gasteiger partial charge in [-0.05, 0) is 32.3 Å². The van der Waals surface area contributed by atoms with E-state index in [0.717, 1.165) is 25.8 Å². The van der Waals surface area contributed by atoms with Crippen molar-refractivity contribution >= 4 is 35.4 Å². The molecular formula is C13H19ClN2O2S. The van der Waals surface area contributed by atoms with Gasteiger partial charge in [-0.1, -0.05) is 0 Å². The van der Waals surface area contributed by atoms with Gasteiger partial charge in [-0.3, -0.25) is 9.59 Å². The molecule has 1 aromatic rings. The monoisotopic (exact) mass is 302 g/mol. The molecule has 6 heteroatoms. The molecule has 1 unspecified atom stereocenters. The second-order valence-electron chi connectivity index (χ2n) is 4.64. The number of ketones is 1. The number of Topliss-reactive ketones (excluding diaryl/α,β-unsaturated/α-hetero) is 1. The number of piperidine rings is 1. The molecule has 0 aromatic carbocycles. The third kappa shape index (κ3) is 3.55. The Morgan fingerprint density at radius 1 is 1.47 bits per heavy atom. The summed E-state index contributed by atoms with van der Waals surface area (Å²) >= 11 is 1.34. The van der Waals surface area contributed by atoms with Gasteiger partial charge in [-0.25, -0.2) is 0 Å². The van der Waals surface area contributed by atoms with Crippen LogP contribution >= 0.6 is 23.7 Å². The molecule has 0 radical (unpaired) electrons. The number of carbonyl (C=O) groups is 2. The normalized spacial score (nSPS) is 18.8. The van der Waals surface area contributed by atoms with Crippen molar-refractivity contribution in [2.45, 2.75) is 32.2 Å². The Kier molecular flexibility index (Phi) is 5.97. The molecule has 1 saturated heterocycles. The number of likely N-dealkylation sites (tertiary alicyclic amines) is 1. The number of hydrogen-bond acceptors (Lipinski definition) is 4. The van der Waals surface area contributed by atoms with Gasteiger partial charge >= 0.3 is 0 Å². The van der Waals surface area contributed by atoms with Crippen molar-refractivity contribution in [1.82, 2.24) is 4.90 Å². The topological polar surface area (TPSA) is 63.4 Å². The number of nitrogens with two attached hydrogens (primary N) is 1. The van der Waals surface area contributed by atoms with E-state index >= 15 is 0 Å². The Morgan fingerprint density at radius 2 is 2.21 bits per heavy atom. The first-order valence-corrected chi connectivity index (χ1v) is 7.12. The predicted octanol–water partition coefficient (Wildman–Crippen LogP) is 2.33. The first kappa shape index (κ1) is 16.1. The van der Waals surface area contributed by atoms with E-state index in [4.69, 9.17) is 5.73 Å². The summed E-state index contributed by atoms with van der Waals surface area (Å²) in [6.45, 7) is 2.80. The van der Waals surface area contributed by atoms with Crippen LogP contribution in [0, 0.1) is 0 Å². The molecule has 2 heterocycles. The lowest BCUT2D eigenvalue weighted by molar-refractivity contribution is 0.0628. The van der Waals surface area contributed by atoms with Crippen molar-refractivity contribution in [3.05, 3.63) is 21.9 Å². The van der Waals surface area contributed by atoms with Gasteiger partial charge in [-0.2, -0.15) is 0 Å². The van der Waals surface area contributed by atoms with E-state index in [1.165, 1.54) is 18.3 Å². The molecule has 1 atom stereocenters. The minimum atomic E-state index is -0.000631. The molecule has 1 aromatic heterocycles. The maximum absolute atomic E-state index is 12.4.